The second kappa shape index (κ2) is 6.63. The third-order valence-electron chi connectivity index (χ3n) is 3.02. The summed E-state index contributed by atoms with van der Waals surface area (Å²) >= 11 is 9.11. The van der Waals surface area contributed by atoms with Crippen LogP contribution < -0.4 is 11.3 Å². The molecule has 2 nitrogen and oxygen atoms in total. The van der Waals surface area contributed by atoms with Crippen LogP contribution in [0, 0.1) is 11.6 Å². The van der Waals surface area contributed by atoms with E-state index >= 15 is 0 Å². The number of rotatable bonds is 4. The summed E-state index contributed by atoms with van der Waals surface area (Å²) in [6.07, 6.45) is 0.264. The molecular formula is C14H12BrClF2N2. The van der Waals surface area contributed by atoms with Crippen LogP contribution in [-0.2, 0) is 6.42 Å². The summed E-state index contributed by atoms with van der Waals surface area (Å²) in [6, 6.07) is 8.66. The molecule has 0 radical (unpaired) electrons. The van der Waals surface area contributed by atoms with Crippen LogP contribution in [0.3, 0.4) is 0 Å². The van der Waals surface area contributed by atoms with E-state index in [9.17, 15) is 8.78 Å². The van der Waals surface area contributed by atoms with Gasteiger partial charge in [-0.3, -0.25) is 11.3 Å². The van der Waals surface area contributed by atoms with E-state index < -0.39 is 0 Å². The molecule has 20 heavy (non-hydrogen) atoms. The molecule has 106 valence electrons. The maximum absolute atomic E-state index is 13.8. The standard InChI is InChI=1S/C14H12BrClF2N2/c15-10-6-8(4-5-13(10)18)14(20-19)7-9-11(16)2-1-3-12(9)17/h1-6,14,20H,7,19H2. The Balaban J connectivity index is 2.31. The Morgan fingerprint density at radius 3 is 2.55 bits per heavy atom. The van der Waals surface area contributed by atoms with Gasteiger partial charge in [-0.15, -0.1) is 0 Å². The van der Waals surface area contributed by atoms with Crippen molar-refractivity contribution in [3.8, 4) is 0 Å². The van der Waals surface area contributed by atoms with Crippen molar-refractivity contribution in [3.63, 3.8) is 0 Å². The molecule has 6 heteroatoms. The topological polar surface area (TPSA) is 38.0 Å². The molecule has 0 aromatic heterocycles. The van der Waals surface area contributed by atoms with Crippen LogP contribution in [0.2, 0.25) is 5.02 Å². The molecule has 0 bridgehead atoms. The second-order valence-corrected chi connectivity index (χ2v) is 5.56. The zero-order chi connectivity index (χ0) is 14.7. The molecule has 1 unspecified atom stereocenters. The molecule has 0 saturated carbocycles. The SMILES string of the molecule is NNC(Cc1c(F)cccc1Cl)c1ccc(F)c(Br)c1. The predicted octanol–water partition coefficient (Wildman–Crippen LogP) is 4.13. The van der Waals surface area contributed by atoms with Crippen LogP contribution in [0.5, 0.6) is 0 Å². The Hall–Kier alpha value is -1.01. The molecule has 2 aromatic rings. The van der Waals surface area contributed by atoms with Crippen molar-refractivity contribution in [2.45, 2.75) is 12.5 Å². The Morgan fingerprint density at radius 1 is 1.20 bits per heavy atom. The maximum Gasteiger partial charge on any atom is 0.137 e. The highest BCUT2D eigenvalue weighted by Crippen LogP contribution is 2.27. The summed E-state index contributed by atoms with van der Waals surface area (Å²) in [5.41, 5.74) is 3.71. The van der Waals surface area contributed by atoms with Gasteiger partial charge in [0.15, 0.2) is 0 Å². The summed E-state index contributed by atoms with van der Waals surface area (Å²) in [7, 11) is 0. The van der Waals surface area contributed by atoms with Gasteiger partial charge in [-0.2, -0.15) is 0 Å². The van der Waals surface area contributed by atoms with E-state index in [-0.39, 0.29) is 24.1 Å². The van der Waals surface area contributed by atoms with Crippen LogP contribution in [0.25, 0.3) is 0 Å². The Bertz CT molecular complexity index is 602. The van der Waals surface area contributed by atoms with Crippen molar-refractivity contribution in [2.75, 3.05) is 0 Å². The summed E-state index contributed by atoms with van der Waals surface area (Å²) < 4.78 is 27.4. The highest BCUT2D eigenvalue weighted by atomic mass is 79.9. The first kappa shape index (κ1) is 15.4. The fraction of sp³-hybridized carbons (Fsp3) is 0.143. The molecule has 0 amide bonds. The molecule has 2 rings (SSSR count). The van der Waals surface area contributed by atoms with Gasteiger partial charge >= 0.3 is 0 Å². The number of hydrogen-bond acceptors (Lipinski definition) is 2. The molecule has 3 N–H and O–H groups in total. The van der Waals surface area contributed by atoms with Gasteiger partial charge < -0.3 is 0 Å². The maximum atomic E-state index is 13.8. The van der Waals surface area contributed by atoms with Crippen molar-refractivity contribution in [1.82, 2.24) is 5.43 Å². The minimum Gasteiger partial charge on any atom is -0.271 e. The lowest BCUT2D eigenvalue weighted by molar-refractivity contribution is 0.527. The molecule has 1 atom stereocenters. The molecule has 0 spiro atoms. The third-order valence-corrected chi connectivity index (χ3v) is 3.98. The number of benzene rings is 2. The zero-order valence-electron chi connectivity index (χ0n) is 10.3. The van der Waals surface area contributed by atoms with E-state index in [0.717, 1.165) is 5.56 Å². The van der Waals surface area contributed by atoms with Gasteiger partial charge in [0, 0.05) is 10.6 Å². The fourth-order valence-electron chi connectivity index (χ4n) is 1.93. The van der Waals surface area contributed by atoms with E-state index in [4.69, 9.17) is 17.4 Å². The van der Waals surface area contributed by atoms with E-state index in [0.29, 0.717) is 15.1 Å². The van der Waals surface area contributed by atoms with Gasteiger partial charge in [0.25, 0.3) is 0 Å². The quantitative estimate of drug-likeness (QED) is 0.635. The summed E-state index contributed by atoms with van der Waals surface area (Å²) in [5, 5.41) is 0.339. The molecule has 0 fully saturated rings. The van der Waals surface area contributed by atoms with Crippen molar-refractivity contribution in [1.29, 1.82) is 0 Å². The minimum absolute atomic E-state index is 0.264. The smallest absolute Gasteiger partial charge is 0.137 e. The van der Waals surface area contributed by atoms with E-state index in [1.807, 2.05) is 0 Å². The van der Waals surface area contributed by atoms with Gasteiger partial charge in [-0.1, -0.05) is 23.7 Å². The van der Waals surface area contributed by atoms with Crippen LogP contribution in [0.1, 0.15) is 17.2 Å². The first-order valence-electron chi connectivity index (χ1n) is 5.87. The van der Waals surface area contributed by atoms with Crippen molar-refractivity contribution < 1.29 is 8.78 Å². The van der Waals surface area contributed by atoms with E-state index in [2.05, 4.69) is 21.4 Å². The molecule has 0 aliphatic heterocycles. The Labute approximate surface area is 129 Å². The van der Waals surface area contributed by atoms with E-state index in [1.165, 1.54) is 12.1 Å². The first-order chi connectivity index (χ1) is 9.52. The molecule has 0 heterocycles. The van der Waals surface area contributed by atoms with Crippen molar-refractivity contribution in [3.05, 3.63) is 68.7 Å². The fourth-order valence-corrected chi connectivity index (χ4v) is 2.57. The summed E-state index contributed by atoms with van der Waals surface area (Å²) in [5.74, 6) is 4.76. The molecule has 2 aromatic carbocycles. The largest absolute Gasteiger partial charge is 0.271 e. The monoisotopic (exact) mass is 360 g/mol. The highest BCUT2D eigenvalue weighted by molar-refractivity contribution is 9.10. The average Bonchev–Trinajstić information content (AvgIpc) is 2.42. The number of hydrogen-bond donors (Lipinski definition) is 2. The van der Waals surface area contributed by atoms with E-state index in [1.54, 1.807) is 24.3 Å². The lowest BCUT2D eigenvalue weighted by atomic mass is 9.99. The molecule has 0 aliphatic rings. The Morgan fingerprint density at radius 2 is 1.95 bits per heavy atom. The van der Waals surface area contributed by atoms with Gasteiger partial charge in [-0.05, 0) is 52.2 Å². The summed E-state index contributed by atoms with van der Waals surface area (Å²) in [6.45, 7) is 0. The molecule has 0 saturated heterocycles. The first-order valence-corrected chi connectivity index (χ1v) is 7.04. The van der Waals surface area contributed by atoms with Crippen LogP contribution in [-0.4, -0.2) is 0 Å². The minimum atomic E-state index is -0.390. The number of hydrazine groups is 1. The predicted molar refractivity (Wildman–Crippen MR) is 79.3 cm³/mol. The van der Waals surface area contributed by atoms with Crippen LogP contribution in [0.15, 0.2) is 40.9 Å². The lowest BCUT2D eigenvalue weighted by Gasteiger charge is -2.18. The second-order valence-electron chi connectivity index (χ2n) is 4.30. The molecule has 0 aliphatic carbocycles. The van der Waals surface area contributed by atoms with Crippen LogP contribution >= 0.6 is 27.5 Å². The lowest BCUT2D eigenvalue weighted by Crippen LogP contribution is -2.30. The van der Waals surface area contributed by atoms with Gasteiger partial charge in [0.2, 0.25) is 0 Å². The normalized spacial score (nSPS) is 12.4. The molecular weight excluding hydrogens is 350 g/mol. The van der Waals surface area contributed by atoms with Crippen LogP contribution in [0.4, 0.5) is 8.78 Å². The van der Waals surface area contributed by atoms with Crippen molar-refractivity contribution in [2.24, 2.45) is 5.84 Å². The van der Waals surface area contributed by atoms with Gasteiger partial charge in [0.05, 0.1) is 10.5 Å². The number of halogens is 4. The number of nitrogens with one attached hydrogen (secondary N) is 1. The highest BCUT2D eigenvalue weighted by Gasteiger charge is 2.16. The Kier molecular flexibility index (Phi) is 5.10. The third kappa shape index (κ3) is 3.35. The van der Waals surface area contributed by atoms with Gasteiger partial charge in [0.1, 0.15) is 11.6 Å². The average molecular weight is 362 g/mol. The summed E-state index contributed by atoms with van der Waals surface area (Å²) in [4.78, 5) is 0. The van der Waals surface area contributed by atoms with Crippen molar-refractivity contribution >= 4 is 27.5 Å². The van der Waals surface area contributed by atoms with Gasteiger partial charge in [-0.25, -0.2) is 8.78 Å². The zero-order valence-corrected chi connectivity index (χ0v) is 12.7. The number of nitrogens with two attached hydrogens (primary N) is 1.